The lowest BCUT2D eigenvalue weighted by molar-refractivity contribution is -0.384. The first-order chi connectivity index (χ1) is 11.4. The van der Waals surface area contributed by atoms with Gasteiger partial charge in [0, 0.05) is 12.1 Å². The molecule has 0 fully saturated rings. The molecule has 2 rings (SSSR count). The zero-order valence-electron chi connectivity index (χ0n) is 13.9. The van der Waals surface area contributed by atoms with Gasteiger partial charge in [-0.1, -0.05) is 30.7 Å². The molecule has 0 spiro atoms. The maximum atomic E-state index is 12.4. The summed E-state index contributed by atoms with van der Waals surface area (Å²) in [6.07, 6.45) is -0.195. The number of aryl methyl sites for hydroxylation is 2. The zero-order valence-corrected chi connectivity index (χ0v) is 13.9. The lowest BCUT2D eigenvalue weighted by Gasteiger charge is -2.18. The Morgan fingerprint density at radius 1 is 1.21 bits per heavy atom. The van der Waals surface area contributed by atoms with E-state index in [-0.39, 0.29) is 11.6 Å². The Morgan fingerprint density at radius 3 is 2.46 bits per heavy atom. The Labute approximate surface area is 140 Å². The van der Waals surface area contributed by atoms with E-state index in [9.17, 15) is 14.9 Å². The van der Waals surface area contributed by atoms with Gasteiger partial charge in [-0.2, -0.15) is 0 Å². The number of carbonyl (C=O) groups is 1. The minimum absolute atomic E-state index is 0.0663. The highest BCUT2D eigenvalue weighted by Crippen LogP contribution is 2.23. The predicted octanol–water partition coefficient (Wildman–Crippen LogP) is 4.01. The molecule has 0 unspecified atom stereocenters. The van der Waals surface area contributed by atoms with Gasteiger partial charge in [-0.25, -0.2) is 0 Å². The molecule has 6 heteroatoms. The van der Waals surface area contributed by atoms with Gasteiger partial charge in [0.15, 0.2) is 6.10 Å². The maximum absolute atomic E-state index is 12.4. The van der Waals surface area contributed by atoms with E-state index in [1.54, 1.807) is 13.0 Å². The van der Waals surface area contributed by atoms with Crippen molar-refractivity contribution in [2.45, 2.75) is 33.3 Å². The molecule has 0 heterocycles. The van der Waals surface area contributed by atoms with E-state index in [2.05, 4.69) is 5.32 Å². The Bertz CT molecular complexity index is 741. The number of amides is 1. The van der Waals surface area contributed by atoms with Crippen LogP contribution in [0.1, 0.15) is 24.5 Å². The highest BCUT2D eigenvalue weighted by Gasteiger charge is 2.20. The molecular formula is C18H20N2O4. The van der Waals surface area contributed by atoms with E-state index in [4.69, 9.17) is 4.74 Å². The number of hydrogen-bond donors (Lipinski definition) is 1. The number of rotatable bonds is 6. The highest BCUT2D eigenvalue weighted by atomic mass is 16.6. The summed E-state index contributed by atoms with van der Waals surface area (Å²) in [4.78, 5) is 22.8. The quantitative estimate of drug-likeness (QED) is 0.641. The SMILES string of the molecule is CC[C@H](Oc1ccc(C)cc1)C(=O)Nc1cc([N+](=O)[O-])ccc1C. The van der Waals surface area contributed by atoms with E-state index in [1.165, 1.54) is 12.1 Å². The second-order valence-electron chi connectivity index (χ2n) is 5.57. The standard InChI is InChI=1S/C18H20N2O4/c1-4-17(24-15-9-5-12(2)6-10-15)18(21)19-16-11-14(20(22)23)8-7-13(16)3/h5-11,17H,4H2,1-3H3,(H,19,21)/t17-/m0/s1. The van der Waals surface area contributed by atoms with Crippen LogP contribution in [-0.2, 0) is 4.79 Å². The molecule has 0 aliphatic carbocycles. The number of benzene rings is 2. The monoisotopic (exact) mass is 328 g/mol. The first-order valence-corrected chi connectivity index (χ1v) is 7.70. The number of nitro groups is 1. The van der Waals surface area contributed by atoms with Crippen molar-refractivity contribution in [1.82, 2.24) is 0 Å². The summed E-state index contributed by atoms with van der Waals surface area (Å²) in [5, 5.41) is 13.6. The summed E-state index contributed by atoms with van der Waals surface area (Å²) in [7, 11) is 0. The highest BCUT2D eigenvalue weighted by molar-refractivity contribution is 5.95. The zero-order chi connectivity index (χ0) is 17.7. The number of hydrogen-bond acceptors (Lipinski definition) is 4. The Kier molecular flexibility index (Phi) is 5.52. The second kappa shape index (κ2) is 7.59. The average Bonchev–Trinajstić information content (AvgIpc) is 2.56. The molecule has 0 bridgehead atoms. The number of nitrogens with zero attached hydrogens (tertiary/aromatic N) is 1. The van der Waals surface area contributed by atoms with Crippen molar-refractivity contribution in [3.05, 3.63) is 63.7 Å². The number of carbonyl (C=O) groups excluding carboxylic acids is 1. The molecule has 1 N–H and O–H groups in total. The molecule has 0 saturated heterocycles. The van der Waals surface area contributed by atoms with Crippen LogP contribution in [0.5, 0.6) is 5.75 Å². The summed E-state index contributed by atoms with van der Waals surface area (Å²) in [6, 6.07) is 11.8. The first kappa shape index (κ1) is 17.5. The van der Waals surface area contributed by atoms with Crippen molar-refractivity contribution in [1.29, 1.82) is 0 Å². The van der Waals surface area contributed by atoms with E-state index < -0.39 is 11.0 Å². The van der Waals surface area contributed by atoms with Gasteiger partial charge in [0.1, 0.15) is 5.75 Å². The third-order valence-electron chi connectivity index (χ3n) is 3.65. The van der Waals surface area contributed by atoms with E-state index in [0.717, 1.165) is 11.1 Å². The van der Waals surface area contributed by atoms with Crippen molar-refractivity contribution in [3.8, 4) is 5.75 Å². The Balaban J connectivity index is 2.13. The van der Waals surface area contributed by atoms with Crippen molar-refractivity contribution in [2.75, 3.05) is 5.32 Å². The molecule has 2 aromatic rings. The minimum atomic E-state index is -0.675. The number of ether oxygens (including phenoxy) is 1. The van der Waals surface area contributed by atoms with Gasteiger partial charge in [0.05, 0.1) is 10.6 Å². The lowest BCUT2D eigenvalue weighted by Crippen LogP contribution is -2.32. The van der Waals surface area contributed by atoms with Gasteiger partial charge >= 0.3 is 0 Å². The first-order valence-electron chi connectivity index (χ1n) is 7.70. The smallest absolute Gasteiger partial charge is 0.271 e. The number of anilines is 1. The molecule has 0 aliphatic rings. The van der Waals surface area contributed by atoms with Crippen molar-refractivity contribution in [3.63, 3.8) is 0 Å². The summed E-state index contributed by atoms with van der Waals surface area (Å²) in [6.45, 7) is 5.60. The predicted molar refractivity (Wildman–Crippen MR) is 92.3 cm³/mol. The lowest BCUT2D eigenvalue weighted by atomic mass is 10.1. The van der Waals surface area contributed by atoms with Crippen LogP contribution in [0, 0.1) is 24.0 Å². The summed E-state index contributed by atoms with van der Waals surface area (Å²) in [5.74, 6) is 0.278. The third-order valence-corrected chi connectivity index (χ3v) is 3.65. The molecule has 1 atom stereocenters. The van der Waals surface area contributed by atoms with Gasteiger partial charge < -0.3 is 10.1 Å². The van der Waals surface area contributed by atoms with Crippen LogP contribution in [-0.4, -0.2) is 16.9 Å². The van der Waals surface area contributed by atoms with E-state index in [0.29, 0.717) is 17.9 Å². The van der Waals surface area contributed by atoms with Gasteiger partial charge in [-0.05, 0) is 38.0 Å². The largest absolute Gasteiger partial charge is 0.481 e. The van der Waals surface area contributed by atoms with Crippen LogP contribution in [0.4, 0.5) is 11.4 Å². The molecule has 0 radical (unpaired) electrons. The summed E-state index contributed by atoms with van der Waals surface area (Å²) < 4.78 is 5.72. The topological polar surface area (TPSA) is 81.5 Å². The van der Waals surface area contributed by atoms with Crippen molar-refractivity contribution in [2.24, 2.45) is 0 Å². The number of non-ortho nitro benzene ring substituents is 1. The molecule has 1 amide bonds. The average molecular weight is 328 g/mol. The van der Waals surface area contributed by atoms with E-state index >= 15 is 0 Å². The molecular weight excluding hydrogens is 308 g/mol. The van der Waals surface area contributed by atoms with Crippen molar-refractivity contribution < 1.29 is 14.5 Å². The molecule has 0 saturated carbocycles. The number of nitrogens with one attached hydrogen (secondary N) is 1. The Morgan fingerprint density at radius 2 is 1.88 bits per heavy atom. The molecule has 2 aromatic carbocycles. The maximum Gasteiger partial charge on any atom is 0.271 e. The van der Waals surface area contributed by atoms with Crippen LogP contribution in [0.3, 0.4) is 0 Å². The van der Waals surface area contributed by atoms with Gasteiger partial charge in [-0.15, -0.1) is 0 Å². The second-order valence-corrected chi connectivity index (χ2v) is 5.57. The van der Waals surface area contributed by atoms with Gasteiger partial charge in [0.2, 0.25) is 0 Å². The fourth-order valence-corrected chi connectivity index (χ4v) is 2.17. The Hall–Kier alpha value is -2.89. The van der Waals surface area contributed by atoms with E-state index in [1.807, 2.05) is 38.1 Å². The van der Waals surface area contributed by atoms with Gasteiger partial charge in [0.25, 0.3) is 11.6 Å². The van der Waals surface area contributed by atoms with Crippen LogP contribution < -0.4 is 10.1 Å². The molecule has 24 heavy (non-hydrogen) atoms. The van der Waals surface area contributed by atoms with Gasteiger partial charge in [-0.3, -0.25) is 14.9 Å². The van der Waals surface area contributed by atoms with Crippen molar-refractivity contribution >= 4 is 17.3 Å². The molecule has 6 nitrogen and oxygen atoms in total. The minimum Gasteiger partial charge on any atom is -0.481 e. The van der Waals surface area contributed by atoms with Crippen LogP contribution >= 0.6 is 0 Å². The normalized spacial score (nSPS) is 11.6. The molecule has 0 aliphatic heterocycles. The van der Waals surface area contributed by atoms with Crippen LogP contribution in [0.15, 0.2) is 42.5 Å². The fourth-order valence-electron chi connectivity index (χ4n) is 2.17. The molecule has 126 valence electrons. The summed E-state index contributed by atoms with van der Waals surface area (Å²) in [5.41, 5.74) is 2.20. The third kappa shape index (κ3) is 4.32. The van der Waals surface area contributed by atoms with Crippen LogP contribution in [0.2, 0.25) is 0 Å². The summed E-state index contributed by atoms with van der Waals surface area (Å²) >= 11 is 0. The number of nitro benzene ring substituents is 1. The fraction of sp³-hybridized carbons (Fsp3) is 0.278. The molecule has 0 aromatic heterocycles. The van der Waals surface area contributed by atoms with Crippen LogP contribution in [0.25, 0.3) is 0 Å².